The number of rotatable bonds is 1. The van der Waals surface area contributed by atoms with Gasteiger partial charge in [-0.1, -0.05) is 0 Å². The Morgan fingerprint density at radius 3 is 1.59 bits per heavy atom. The van der Waals surface area contributed by atoms with Gasteiger partial charge in [0.1, 0.15) is 0 Å². The Hall–Kier alpha value is -1.18. The van der Waals surface area contributed by atoms with Crippen LogP contribution in [0.25, 0.3) is 12.2 Å². The smallest absolute Gasteiger partial charge is 1.00 e. The van der Waals surface area contributed by atoms with Crippen molar-refractivity contribution >= 4 is 25.4 Å². The second-order valence-electron chi connectivity index (χ2n) is 7.98. The zero-order chi connectivity index (χ0) is 18.0. The van der Waals surface area contributed by atoms with Gasteiger partial charge in [-0.25, -0.2) is 0 Å². The Balaban J connectivity index is 0.00000102. The van der Waals surface area contributed by atoms with E-state index < -0.39 is 31.3 Å². The summed E-state index contributed by atoms with van der Waals surface area (Å²) in [6.45, 7) is 2.62. The van der Waals surface area contributed by atoms with E-state index in [0.29, 0.717) is 0 Å². The summed E-state index contributed by atoms with van der Waals surface area (Å²) in [6.07, 6.45) is 5.17. The van der Waals surface area contributed by atoms with Gasteiger partial charge in [0.2, 0.25) is 0 Å². The van der Waals surface area contributed by atoms with Crippen LogP contribution < -0.4 is 30.0 Å². The zero-order valence-corrected chi connectivity index (χ0v) is 21.0. The molecule has 2 aliphatic carbocycles. The first-order valence-electron chi connectivity index (χ1n) is 9.70. The van der Waals surface area contributed by atoms with Crippen LogP contribution in [0.5, 0.6) is 0 Å². The topological polar surface area (TPSA) is 0 Å². The summed E-state index contributed by atoms with van der Waals surface area (Å²) < 4.78 is 1.49. The number of allylic oxidation sites excluding steroid dienone is 2. The predicted molar refractivity (Wildman–Crippen MR) is 112 cm³/mol. The molecular formula is C25H20Cl2SiZr. The van der Waals surface area contributed by atoms with Crippen molar-refractivity contribution < 1.29 is 48.0 Å². The summed E-state index contributed by atoms with van der Waals surface area (Å²) in [5, 5.41) is 5.16. The fraction of sp³-hybridized carbons (Fsp3) is 0.120. The van der Waals surface area contributed by atoms with Crippen LogP contribution >= 0.6 is 0 Å². The fourth-order valence-electron chi connectivity index (χ4n) is 5.31. The summed E-state index contributed by atoms with van der Waals surface area (Å²) in [5.74, 6) is 0. The summed E-state index contributed by atoms with van der Waals surface area (Å²) in [5.41, 5.74) is 6.22. The molecule has 0 saturated carbocycles. The van der Waals surface area contributed by atoms with E-state index in [2.05, 4.69) is 97.6 Å². The Morgan fingerprint density at radius 2 is 1.07 bits per heavy atom. The van der Waals surface area contributed by atoms with Crippen LogP contribution in [0.4, 0.5) is 0 Å². The molecule has 142 valence electrons. The molecule has 0 N–H and O–H groups in total. The molecule has 0 nitrogen and oxygen atoms in total. The molecule has 1 heterocycles. The van der Waals surface area contributed by atoms with Crippen LogP contribution in [0.2, 0.25) is 6.55 Å². The van der Waals surface area contributed by atoms with Gasteiger partial charge in [0.25, 0.3) is 0 Å². The largest absolute Gasteiger partial charge is 1.00 e. The van der Waals surface area contributed by atoms with Crippen molar-refractivity contribution in [1.29, 1.82) is 0 Å². The molecule has 1 fully saturated rings. The van der Waals surface area contributed by atoms with E-state index in [1.54, 1.807) is 26.7 Å². The van der Waals surface area contributed by atoms with Crippen molar-refractivity contribution in [3.63, 3.8) is 0 Å². The Kier molecular flexibility index (Phi) is 5.68. The third kappa shape index (κ3) is 2.95. The van der Waals surface area contributed by atoms with Crippen molar-refractivity contribution in [3.05, 3.63) is 112 Å². The standard InChI is InChI=1S/C25H20Si.2ClH.Zr/c1-26(23-13-3-2-4-14-23,24-15-19-9-5-6-10-20(19)16-24)25-17-21-11-7-8-12-22(21)18-25;;;/h2-18H,1H3;2*1H;/q;;;+2/p-2. The molecule has 3 aromatic rings. The van der Waals surface area contributed by atoms with Gasteiger partial charge in [0.15, 0.2) is 0 Å². The van der Waals surface area contributed by atoms with Gasteiger partial charge in [-0.2, -0.15) is 0 Å². The molecule has 1 aliphatic heterocycles. The molecule has 0 spiro atoms. The molecule has 3 aliphatic rings. The minimum Gasteiger partial charge on any atom is -1.00 e. The second kappa shape index (κ2) is 7.82. The summed E-state index contributed by atoms with van der Waals surface area (Å²) in [7, 11) is -1.90. The molecule has 0 radical (unpaired) electrons. The van der Waals surface area contributed by atoms with E-state index in [0.717, 1.165) is 7.25 Å². The van der Waals surface area contributed by atoms with E-state index in [1.807, 2.05) is 0 Å². The second-order valence-corrected chi connectivity index (χ2v) is 15.6. The maximum absolute atomic E-state index is 2.62. The van der Waals surface area contributed by atoms with Crippen LogP contribution in [0.1, 0.15) is 29.5 Å². The number of hydrogen-bond acceptors (Lipinski definition) is 0. The quantitative estimate of drug-likeness (QED) is 0.385. The zero-order valence-electron chi connectivity index (χ0n) is 16.1. The third-order valence-electron chi connectivity index (χ3n) is 6.70. The molecule has 2 atom stereocenters. The normalized spacial score (nSPS) is 24.7. The van der Waals surface area contributed by atoms with E-state index in [9.17, 15) is 0 Å². The Morgan fingerprint density at radius 1 is 0.621 bits per heavy atom. The third-order valence-corrected chi connectivity index (χ3v) is 17.5. The van der Waals surface area contributed by atoms with Gasteiger partial charge in [-0.3, -0.25) is 0 Å². The Bertz CT molecular complexity index is 1070. The van der Waals surface area contributed by atoms with Crippen molar-refractivity contribution in [1.82, 2.24) is 0 Å². The average Bonchev–Trinajstić information content (AvgIpc) is 3.29. The maximum atomic E-state index is 2.62. The van der Waals surface area contributed by atoms with Crippen LogP contribution in [0, 0.1) is 0 Å². The first-order valence-corrected chi connectivity index (χ1v) is 15.0. The van der Waals surface area contributed by atoms with E-state index in [1.165, 1.54) is 11.1 Å². The van der Waals surface area contributed by atoms with Crippen molar-refractivity contribution in [2.45, 2.75) is 13.8 Å². The molecule has 1 saturated heterocycles. The van der Waals surface area contributed by atoms with Gasteiger partial charge in [0.05, 0.1) is 0 Å². The molecule has 29 heavy (non-hydrogen) atoms. The molecular weight excluding hydrogens is 490 g/mol. The average molecular weight is 511 g/mol. The molecule has 2 unspecified atom stereocenters. The summed E-state index contributed by atoms with van der Waals surface area (Å²) in [4.78, 5) is 0. The maximum Gasteiger partial charge on any atom is -1.00 e. The first kappa shape index (κ1) is 21.1. The minimum atomic E-state index is -1.90. The summed E-state index contributed by atoms with van der Waals surface area (Å²) in [6, 6.07) is 29.8. The predicted octanol–water partition coefficient (Wildman–Crippen LogP) is -0.569. The molecule has 0 bridgehead atoms. The minimum absolute atomic E-state index is 0. The van der Waals surface area contributed by atoms with Crippen LogP contribution in [-0.4, -0.2) is 8.07 Å². The molecule has 6 rings (SSSR count). The van der Waals surface area contributed by atoms with Gasteiger partial charge in [-0.05, 0) is 0 Å². The SMILES string of the molecule is C[Si]1(c2ccccc2)C2=Cc3ccccc3[CH]2[Zr+2][CH]2C1=Cc1ccccc12.[Cl-].[Cl-]. The number of halogens is 2. The Labute approximate surface area is 197 Å². The summed E-state index contributed by atoms with van der Waals surface area (Å²) >= 11 is -0.674. The van der Waals surface area contributed by atoms with E-state index in [4.69, 9.17) is 0 Å². The van der Waals surface area contributed by atoms with Gasteiger partial charge in [0, 0.05) is 0 Å². The van der Waals surface area contributed by atoms with E-state index >= 15 is 0 Å². The van der Waals surface area contributed by atoms with Gasteiger partial charge >= 0.3 is 174 Å². The van der Waals surface area contributed by atoms with Crippen molar-refractivity contribution in [3.8, 4) is 0 Å². The van der Waals surface area contributed by atoms with E-state index in [-0.39, 0.29) is 24.8 Å². The molecule has 0 amide bonds. The fourth-order valence-corrected chi connectivity index (χ4v) is 19.1. The van der Waals surface area contributed by atoms with Gasteiger partial charge < -0.3 is 24.8 Å². The van der Waals surface area contributed by atoms with Crippen LogP contribution in [0.3, 0.4) is 0 Å². The number of benzene rings is 3. The van der Waals surface area contributed by atoms with Crippen molar-refractivity contribution in [2.24, 2.45) is 0 Å². The number of hydrogen-bond donors (Lipinski definition) is 0. The molecule has 3 aromatic carbocycles. The first-order chi connectivity index (χ1) is 13.3. The molecule has 4 heteroatoms. The molecule has 0 aromatic heterocycles. The van der Waals surface area contributed by atoms with Crippen LogP contribution in [0.15, 0.2) is 89.3 Å². The van der Waals surface area contributed by atoms with Crippen LogP contribution in [-0.2, 0) is 23.2 Å². The van der Waals surface area contributed by atoms with Gasteiger partial charge in [-0.15, -0.1) is 0 Å². The van der Waals surface area contributed by atoms with Crippen molar-refractivity contribution in [2.75, 3.05) is 0 Å². The monoisotopic (exact) mass is 508 g/mol. The number of fused-ring (bicyclic) bond motifs is 6.